The third kappa shape index (κ3) is 3.17. The van der Waals surface area contributed by atoms with Crippen molar-refractivity contribution in [3.63, 3.8) is 0 Å². The first-order valence-electron chi connectivity index (χ1n) is 3.98. The van der Waals surface area contributed by atoms with Crippen LogP contribution in [0, 0.1) is 0 Å². The minimum atomic E-state index is 0.823. The van der Waals surface area contributed by atoms with E-state index < -0.39 is 0 Å². The standard InChI is InChI=1S/C8H13Cl2NS/c1-12-5-4-11-3-2-7(9)8(10)6-11/h2-6H2,1H3. The van der Waals surface area contributed by atoms with Gasteiger partial charge in [0.05, 0.1) is 0 Å². The topological polar surface area (TPSA) is 3.24 Å². The monoisotopic (exact) mass is 225 g/mol. The molecular formula is C8H13Cl2NS. The molecule has 0 aromatic rings. The largest absolute Gasteiger partial charge is 0.297 e. The van der Waals surface area contributed by atoms with Crippen molar-refractivity contribution < 1.29 is 0 Å². The Labute approximate surface area is 88.1 Å². The van der Waals surface area contributed by atoms with Gasteiger partial charge in [-0.05, 0) is 12.7 Å². The normalized spacial score (nSPS) is 20.2. The third-order valence-corrected chi connectivity index (χ3v) is 3.37. The average Bonchev–Trinajstić information content (AvgIpc) is 2.07. The molecular weight excluding hydrogens is 213 g/mol. The van der Waals surface area contributed by atoms with Crippen LogP contribution >= 0.6 is 35.0 Å². The van der Waals surface area contributed by atoms with Gasteiger partial charge in [0.1, 0.15) is 0 Å². The van der Waals surface area contributed by atoms with Crippen molar-refractivity contribution >= 4 is 35.0 Å². The van der Waals surface area contributed by atoms with Crippen molar-refractivity contribution in [2.75, 3.05) is 31.6 Å². The van der Waals surface area contributed by atoms with Crippen molar-refractivity contribution in [1.29, 1.82) is 0 Å². The fourth-order valence-electron chi connectivity index (χ4n) is 1.16. The number of hydrogen-bond acceptors (Lipinski definition) is 2. The Morgan fingerprint density at radius 2 is 2.17 bits per heavy atom. The number of thioether (sulfide) groups is 1. The Hall–Kier alpha value is 0.630. The van der Waals surface area contributed by atoms with Gasteiger partial charge in [-0.25, -0.2) is 0 Å². The Bertz CT molecular complexity index is 182. The Kier molecular flexibility index (Phi) is 4.80. The summed E-state index contributed by atoms with van der Waals surface area (Å²) in [5, 5.41) is 1.67. The van der Waals surface area contributed by atoms with E-state index in [0.29, 0.717) is 0 Å². The van der Waals surface area contributed by atoms with Gasteiger partial charge in [-0.3, -0.25) is 4.90 Å². The molecule has 4 heteroatoms. The van der Waals surface area contributed by atoms with Crippen LogP contribution < -0.4 is 0 Å². The molecule has 1 aliphatic heterocycles. The highest BCUT2D eigenvalue weighted by atomic mass is 35.5. The summed E-state index contributed by atoms with van der Waals surface area (Å²) in [4.78, 5) is 2.34. The Balaban J connectivity index is 2.33. The van der Waals surface area contributed by atoms with E-state index >= 15 is 0 Å². The lowest BCUT2D eigenvalue weighted by molar-refractivity contribution is 0.313. The van der Waals surface area contributed by atoms with Crippen molar-refractivity contribution in [1.82, 2.24) is 4.90 Å². The molecule has 1 heterocycles. The Morgan fingerprint density at radius 1 is 1.42 bits per heavy atom. The maximum absolute atomic E-state index is 5.94. The van der Waals surface area contributed by atoms with Gasteiger partial charge in [-0.2, -0.15) is 11.8 Å². The molecule has 70 valence electrons. The average molecular weight is 226 g/mol. The molecule has 0 atom stereocenters. The highest BCUT2D eigenvalue weighted by molar-refractivity contribution is 7.98. The van der Waals surface area contributed by atoms with Crippen LogP contribution in [0.1, 0.15) is 6.42 Å². The number of rotatable bonds is 3. The lowest BCUT2D eigenvalue weighted by Crippen LogP contribution is -2.31. The highest BCUT2D eigenvalue weighted by Gasteiger charge is 2.15. The summed E-state index contributed by atoms with van der Waals surface area (Å²) >= 11 is 13.7. The molecule has 0 aromatic carbocycles. The highest BCUT2D eigenvalue weighted by Crippen LogP contribution is 2.23. The molecule has 12 heavy (non-hydrogen) atoms. The first-order chi connectivity index (χ1) is 5.74. The van der Waals surface area contributed by atoms with Gasteiger partial charge in [-0.1, -0.05) is 23.2 Å². The maximum Gasteiger partial charge on any atom is 0.0466 e. The van der Waals surface area contributed by atoms with Crippen LogP contribution in [-0.2, 0) is 0 Å². The first-order valence-corrected chi connectivity index (χ1v) is 6.13. The fourth-order valence-corrected chi connectivity index (χ4v) is 2.01. The van der Waals surface area contributed by atoms with Crippen molar-refractivity contribution in [2.45, 2.75) is 6.42 Å². The van der Waals surface area contributed by atoms with Gasteiger partial charge in [0.15, 0.2) is 0 Å². The molecule has 0 N–H and O–H groups in total. The van der Waals surface area contributed by atoms with Crippen LogP contribution in [-0.4, -0.2) is 36.5 Å². The fraction of sp³-hybridized carbons (Fsp3) is 0.750. The summed E-state index contributed by atoms with van der Waals surface area (Å²) in [6.45, 7) is 3.00. The third-order valence-electron chi connectivity index (χ3n) is 1.92. The molecule has 1 rings (SSSR count). The number of halogens is 2. The SMILES string of the molecule is CSCCN1CCC(Cl)=C(Cl)C1. The van der Waals surface area contributed by atoms with Crippen LogP contribution in [0.5, 0.6) is 0 Å². The molecule has 0 spiro atoms. The zero-order valence-corrected chi connectivity index (χ0v) is 9.48. The molecule has 0 aromatic heterocycles. The first kappa shape index (κ1) is 10.7. The van der Waals surface area contributed by atoms with Gasteiger partial charge in [0.25, 0.3) is 0 Å². The molecule has 1 aliphatic rings. The number of hydrogen-bond donors (Lipinski definition) is 0. The summed E-state index contributed by atoms with van der Waals surface area (Å²) in [6, 6.07) is 0. The van der Waals surface area contributed by atoms with E-state index in [1.165, 1.54) is 5.75 Å². The minimum Gasteiger partial charge on any atom is -0.297 e. The van der Waals surface area contributed by atoms with E-state index in [0.717, 1.165) is 36.1 Å². The zero-order chi connectivity index (χ0) is 8.97. The second-order valence-electron chi connectivity index (χ2n) is 2.83. The predicted octanol–water partition coefficient (Wildman–Crippen LogP) is 2.74. The summed E-state index contributed by atoms with van der Waals surface area (Å²) in [5.74, 6) is 1.17. The van der Waals surface area contributed by atoms with Crippen LogP contribution in [0.3, 0.4) is 0 Å². The Morgan fingerprint density at radius 3 is 2.75 bits per heavy atom. The minimum absolute atomic E-state index is 0.823. The van der Waals surface area contributed by atoms with Gasteiger partial charge < -0.3 is 0 Å². The smallest absolute Gasteiger partial charge is 0.0466 e. The van der Waals surface area contributed by atoms with Crippen molar-refractivity contribution in [3.8, 4) is 0 Å². The molecule has 1 nitrogen and oxygen atoms in total. The van der Waals surface area contributed by atoms with Crippen molar-refractivity contribution in [3.05, 3.63) is 10.1 Å². The summed E-state index contributed by atoms with van der Waals surface area (Å²) < 4.78 is 0. The lowest BCUT2D eigenvalue weighted by atomic mass is 10.2. The van der Waals surface area contributed by atoms with Crippen LogP contribution in [0.25, 0.3) is 0 Å². The summed E-state index contributed by atoms with van der Waals surface area (Å²) in [5.41, 5.74) is 0. The quantitative estimate of drug-likeness (QED) is 0.727. The van der Waals surface area contributed by atoms with Gasteiger partial charge >= 0.3 is 0 Å². The summed E-state index contributed by atoms with van der Waals surface area (Å²) in [7, 11) is 0. The van der Waals surface area contributed by atoms with Crippen LogP contribution in [0.4, 0.5) is 0 Å². The summed E-state index contributed by atoms with van der Waals surface area (Å²) in [6.07, 6.45) is 3.03. The van der Waals surface area contributed by atoms with Gasteiger partial charge in [0, 0.05) is 35.5 Å². The van der Waals surface area contributed by atoms with Crippen LogP contribution in [0.15, 0.2) is 10.1 Å². The van der Waals surface area contributed by atoms with Gasteiger partial charge in [-0.15, -0.1) is 0 Å². The van der Waals surface area contributed by atoms with E-state index in [1.54, 1.807) is 0 Å². The maximum atomic E-state index is 5.94. The van der Waals surface area contributed by atoms with E-state index in [-0.39, 0.29) is 0 Å². The molecule has 0 bridgehead atoms. The van der Waals surface area contributed by atoms with E-state index in [2.05, 4.69) is 11.2 Å². The van der Waals surface area contributed by atoms with Gasteiger partial charge in [0.2, 0.25) is 0 Å². The second kappa shape index (κ2) is 5.38. The number of nitrogens with zero attached hydrogens (tertiary/aromatic N) is 1. The molecule has 0 unspecified atom stereocenters. The molecule has 0 amide bonds. The van der Waals surface area contributed by atoms with E-state index in [9.17, 15) is 0 Å². The second-order valence-corrected chi connectivity index (χ2v) is 4.73. The molecule has 0 radical (unpaired) electrons. The van der Waals surface area contributed by atoms with Crippen LogP contribution in [0.2, 0.25) is 0 Å². The van der Waals surface area contributed by atoms with E-state index in [1.807, 2.05) is 11.8 Å². The molecule has 0 aliphatic carbocycles. The zero-order valence-electron chi connectivity index (χ0n) is 7.15. The van der Waals surface area contributed by atoms with Crippen molar-refractivity contribution in [2.24, 2.45) is 0 Å². The molecule has 0 fully saturated rings. The molecule has 0 saturated carbocycles. The lowest BCUT2D eigenvalue weighted by Gasteiger charge is -2.25. The predicted molar refractivity (Wildman–Crippen MR) is 58.2 cm³/mol. The molecule has 0 saturated heterocycles. The van der Waals surface area contributed by atoms with E-state index in [4.69, 9.17) is 23.2 Å².